The Labute approximate surface area is 98.0 Å². The monoisotopic (exact) mass is 235 g/mol. The van der Waals surface area contributed by atoms with Crippen LogP contribution in [0.5, 0.6) is 5.75 Å². The summed E-state index contributed by atoms with van der Waals surface area (Å²) in [6.07, 6.45) is 0. The first kappa shape index (κ1) is 10.8. The van der Waals surface area contributed by atoms with Gasteiger partial charge in [-0.1, -0.05) is 11.6 Å². The average Bonchev–Trinajstić information content (AvgIpc) is 2.75. The van der Waals surface area contributed by atoms with Crippen molar-refractivity contribution in [1.29, 1.82) is 0 Å². The molecule has 0 spiro atoms. The highest BCUT2D eigenvalue weighted by atomic mass is 35.5. The highest BCUT2D eigenvalue weighted by Gasteiger charge is 2.10. The first-order valence-corrected chi connectivity index (χ1v) is 5.12. The summed E-state index contributed by atoms with van der Waals surface area (Å²) >= 11 is 5.71. The third kappa shape index (κ3) is 2.09. The zero-order valence-electron chi connectivity index (χ0n) is 8.66. The summed E-state index contributed by atoms with van der Waals surface area (Å²) in [5, 5.41) is 0.455. The van der Waals surface area contributed by atoms with Crippen LogP contribution in [0.1, 0.15) is 16.1 Å². The van der Waals surface area contributed by atoms with Crippen molar-refractivity contribution in [3.8, 4) is 5.75 Å². The summed E-state index contributed by atoms with van der Waals surface area (Å²) < 4.78 is 5.02. The van der Waals surface area contributed by atoms with E-state index in [1.54, 1.807) is 43.5 Å². The Hall–Kier alpha value is -1.74. The van der Waals surface area contributed by atoms with E-state index in [9.17, 15) is 4.79 Å². The number of ketones is 1. The summed E-state index contributed by atoms with van der Waals surface area (Å²) in [6.45, 7) is 0. The molecule has 0 amide bonds. The second-order valence-corrected chi connectivity index (χ2v) is 3.68. The van der Waals surface area contributed by atoms with Crippen LogP contribution in [0.4, 0.5) is 0 Å². The van der Waals surface area contributed by atoms with Gasteiger partial charge in [0.25, 0.3) is 0 Å². The van der Waals surface area contributed by atoms with E-state index in [-0.39, 0.29) is 5.78 Å². The van der Waals surface area contributed by atoms with E-state index in [2.05, 4.69) is 4.98 Å². The lowest BCUT2D eigenvalue weighted by Crippen LogP contribution is -2.01. The Morgan fingerprint density at radius 1 is 1.19 bits per heavy atom. The molecule has 0 aliphatic rings. The molecule has 0 bridgehead atoms. The summed E-state index contributed by atoms with van der Waals surface area (Å²) in [5.74, 6) is 0.635. The second-order valence-electron chi connectivity index (χ2n) is 3.28. The number of hydrogen-bond acceptors (Lipinski definition) is 2. The molecule has 0 saturated carbocycles. The van der Waals surface area contributed by atoms with Gasteiger partial charge in [0.05, 0.1) is 12.8 Å². The second kappa shape index (κ2) is 4.41. The number of rotatable bonds is 3. The molecule has 1 heterocycles. The minimum absolute atomic E-state index is 0.0884. The Morgan fingerprint density at radius 3 is 2.38 bits per heavy atom. The van der Waals surface area contributed by atoms with E-state index in [1.165, 1.54) is 0 Å². The van der Waals surface area contributed by atoms with Crippen molar-refractivity contribution in [2.24, 2.45) is 0 Å². The van der Waals surface area contributed by atoms with E-state index in [1.807, 2.05) is 0 Å². The van der Waals surface area contributed by atoms with Gasteiger partial charge >= 0.3 is 0 Å². The quantitative estimate of drug-likeness (QED) is 0.832. The molecule has 2 aromatic rings. The van der Waals surface area contributed by atoms with Crippen LogP contribution in [0.3, 0.4) is 0 Å². The molecule has 82 valence electrons. The van der Waals surface area contributed by atoms with E-state index < -0.39 is 0 Å². The molecule has 2 rings (SSSR count). The maximum absolute atomic E-state index is 11.9. The number of aromatic nitrogens is 1. The van der Waals surface area contributed by atoms with Crippen molar-refractivity contribution in [2.75, 3.05) is 7.11 Å². The standard InChI is InChI=1S/C12H10ClNO2/c1-16-9-4-2-8(3-5-9)12(15)10-6-7-11(13)14-10/h2-7,14H,1H3. The van der Waals surface area contributed by atoms with Gasteiger partial charge in [-0.25, -0.2) is 0 Å². The molecule has 0 aliphatic carbocycles. The Balaban J connectivity index is 2.27. The van der Waals surface area contributed by atoms with Crippen LogP contribution in [0.15, 0.2) is 36.4 Å². The number of methoxy groups -OCH3 is 1. The number of benzene rings is 1. The van der Waals surface area contributed by atoms with E-state index in [0.717, 1.165) is 5.75 Å². The molecule has 0 fully saturated rings. The van der Waals surface area contributed by atoms with E-state index in [4.69, 9.17) is 16.3 Å². The number of aromatic amines is 1. The largest absolute Gasteiger partial charge is 0.497 e. The molecule has 3 nitrogen and oxygen atoms in total. The summed E-state index contributed by atoms with van der Waals surface area (Å²) in [6, 6.07) is 10.2. The van der Waals surface area contributed by atoms with Crippen molar-refractivity contribution in [3.05, 3.63) is 52.8 Å². The fourth-order valence-electron chi connectivity index (χ4n) is 1.40. The van der Waals surface area contributed by atoms with Crippen LogP contribution in [-0.2, 0) is 0 Å². The highest BCUT2D eigenvalue weighted by molar-refractivity contribution is 6.29. The first-order chi connectivity index (χ1) is 7.70. The van der Waals surface area contributed by atoms with Crippen molar-refractivity contribution in [1.82, 2.24) is 4.98 Å². The zero-order valence-corrected chi connectivity index (χ0v) is 9.41. The number of H-pyrrole nitrogens is 1. The number of hydrogen-bond donors (Lipinski definition) is 1. The molecular formula is C12H10ClNO2. The summed E-state index contributed by atoms with van der Waals surface area (Å²) in [5.41, 5.74) is 1.08. The Morgan fingerprint density at radius 2 is 1.88 bits per heavy atom. The fraction of sp³-hybridized carbons (Fsp3) is 0.0833. The number of nitrogens with one attached hydrogen (secondary N) is 1. The molecule has 0 saturated heterocycles. The number of carbonyl (C=O) groups excluding carboxylic acids is 1. The summed E-state index contributed by atoms with van der Waals surface area (Å²) in [4.78, 5) is 14.7. The number of ether oxygens (including phenoxy) is 1. The van der Waals surface area contributed by atoms with Gasteiger partial charge < -0.3 is 9.72 Å². The lowest BCUT2D eigenvalue weighted by Gasteiger charge is -2.01. The number of carbonyl (C=O) groups is 1. The van der Waals surface area contributed by atoms with Gasteiger partial charge in [-0.05, 0) is 36.4 Å². The molecule has 4 heteroatoms. The molecule has 1 aromatic carbocycles. The Bertz CT molecular complexity index is 502. The normalized spacial score (nSPS) is 10.1. The SMILES string of the molecule is COc1ccc(C(=O)c2ccc(Cl)[nH]2)cc1. The van der Waals surface area contributed by atoms with Crippen LogP contribution in [0, 0.1) is 0 Å². The molecule has 16 heavy (non-hydrogen) atoms. The third-order valence-electron chi connectivity index (χ3n) is 2.25. The topological polar surface area (TPSA) is 42.1 Å². The van der Waals surface area contributed by atoms with Crippen molar-refractivity contribution in [3.63, 3.8) is 0 Å². The molecule has 0 radical (unpaired) electrons. The zero-order chi connectivity index (χ0) is 11.5. The van der Waals surface area contributed by atoms with Crippen LogP contribution < -0.4 is 4.74 Å². The number of halogens is 1. The Kier molecular flexibility index (Phi) is 2.97. The minimum atomic E-state index is -0.0884. The summed E-state index contributed by atoms with van der Waals surface area (Å²) in [7, 11) is 1.58. The van der Waals surface area contributed by atoms with Crippen LogP contribution in [-0.4, -0.2) is 17.9 Å². The predicted octanol–water partition coefficient (Wildman–Crippen LogP) is 2.91. The van der Waals surface area contributed by atoms with Gasteiger partial charge in [-0.2, -0.15) is 0 Å². The molecule has 0 unspecified atom stereocenters. The van der Waals surface area contributed by atoms with Crippen molar-refractivity contribution >= 4 is 17.4 Å². The fourth-order valence-corrected chi connectivity index (χ4v) is 1.56. The molecule has 0 aliphatic heterocycles. The van der Waals surface area contributed by atoms with Crippen LogP contribution >= 0.6 is 11.6 Å². The van der Waals surface area contributed by atoms with E-state index >= 15 is 0 Å². The minimum Gasteiger partial charge on any atom is -0.497 e. The van der Waals surface area contributed by atoms with Gasteiger partial charge in [-0.3, -0.25) is 4.79 Å². The molecule has 1 N–H and O–H groups in total. The maximum atomic E-state index is 11.9. The first-order valence-electron chi connectivity index (χ1n) is 4.74. The van der Waals surface area contributed by atoms with Crippen LogP contribution in [0.2, 0.25) is 5.15 Å². The molecular weight excluding hydrogens is 226 g/mol. The van der Waals surface area contributed by atoms with E-state index in [0.29, 0.717) is 16.4 Å². The van der Waals surface area contributed by atoms with Crippen molar-refractivity contribution < 1.29 is 9.53 Å². The van der Waals surface area contributed by atoms with Gasteiger partial charge in [0.2, 0.25) is 5.78 Å². The van der Waals surface area contributed by atoms with Crippen LogP contribution in [0.25, 0.3) is 0 Å². The average molecular weight is 236 g/mol. The van der Waals surface area contributed by atoms with Gasteiger partial charge in [0.1, 0.15) is 10.9 Å². The van der Waals surface area contributed by atoms with Gasteiger partial charge in [-0.15, -0.1) is 0 Å². The smallest absolute Gasteiger partial charge is 0.209 e. The maximum Gasteiger partial charge on any atom is 0.209 e. The third-order valence-corrected chi connectivity index (χ3v) is 2.47. The lowest BCUT2D eigenvalue weighted by atomic mass is 10.1. The van der Waals surface area contributed by atoms with Crippen molar-refractivity contribution in [2.45, 2.75) is 0 Å². The molecule has 0 atom stereocenters. The predicted molar refractivity (Wildman–Crippen MR) is 62.2 cm³/mol. The lowest BCUT2D eigenvalue weighted by molar-refractivity contribution is 0.103. The van der Waals surface area contributed by atoms with Gasteiger partial charge in [0.15, 0.2) is 0 Å². The molecule has 1 aromatic heterocycles. The van der Waals surface area contributed by atoms with Gasteiger partial charge in [0, 0.05) is 5.56 Å². The highest BCUT2D eigenvalue weighted by Crippen LogP contribution is 2.16.